The maximum atomic E-state index is 5.40. The number of methoxy groups -OCH3 is 2. The van der Waals surface area contributed by atoms with Gasteiger partial charge < -0.3 is 20.1 Å². The maximum Gasteiger partial charge on any atom is 0.229 e. The minimum absolute atomic E-state index is 0.479. The Morgan fingerprint density at radius 3 is 2.54 bits per heavy atom. The van der Waals surface area contributed by atoms with Crippen molar-refractivity contribution in [2.24, 2.45) is 0 Å². The number of hydrogen-bond donors (Lipinski definition) is 2. The topological polar surface area (TPSA) is 68.3 Å². The molecule has 6 nitrogen and oxygen atoms in total. The van der Waals surface area contributed by atoms with Gasteiger partial charge in [-0.25, -0.2) is 4.98 Å². The second-order valence-corrected chi connectivity index (χ2v) is 5.59. The molecule has 0 aliphatic rings. The van der Waals surface area contributed by atoms with E-state index in [0.29, 0.717) is 11.7 Å². The van der Waals surface area contributed by atoms with Crippen LogP contribution >= 0.6 is 0 Å². The molecule has 1 heterocycles. The van der Waals surface area contributed by atoms with Crippen LogP contribution in [-0.2, 0) is 6.42 Å². The number of rotatable bonds is 7. The molecule has 6 heteroatoms. The Labute approximate surface area is 153 Å². The predicted molar refractivity (Wildman–Crippen MR) is 104 cm³/mol. The van der Waals surface area contributed by atoms with Crippen molar-refractivity contribution in [2.45, 2.75) is 13.3 Å². The van der Waals surface area contributed by atoms with E-state index in [0.717, 1.165) is 29.4 Å². The summed E-state index contributed by atoms with van der Waals surface area (Å²) in [6.45, 7) is 2.13. The van der Waals surface area contributed by atoms with Crippen LogP contribution in [0.4, 0.5) is 23.1 Å². The van der Waals surface area contributed by atoms with Gasteiger partial charge in [-0.15, -0.1) is 0 Å². The van der Waals surface area contributed by atoms with E-state index in [2.05, 4.69) is 33.6 Å². The molecule has 0 atom stereocenters. The van der Waals surface area contributed by atoms with Gasteiger partial charge in [-0.2, -0.15) is 4.98 Å². The molecule has 0 amide bonds. The van der Waals surface area contributed by atoms with Gasteiger partial charge in [0.15, 0.2) is 0 Å². The fourth-order valence-corrected chi connectivity index (χ4v) is 2.60. The lowest BCUT2D eigenvalue weighted by atomic mass is 10.1. The molecule has 0 spiro atoms. The van der Waals surface area contributed by atoms with E-state index < -0.39 is 0 Å². The van der Waals surface area contributed by atoms with Crippen molar-refractivity contribution in [1.29, 1.82) is 0 Å². The second kappa shape index (κ2) is 8.20. The third-order valence-electron chi connectivity index (χ3n) is 3.97. The lowest BCUT2D eigenvalue weighted by Crippen LogP contribution is -2.02. The highest BCUT2D eigenvalue weighted by Gasteiger charge is 2.08. The van der Waals surface area contributed by atoms with Gasteiger partial charge in [0.25, 0.3) is 0 Å². The lowest BCUT2D eigenvalue weighted by molar-refractivity contribution is 0.395. The van der Waals surface area contributed by atoms with Crippen LogP contribution in [0.2, 0.25) is 0 Å². The number of aromatic nitrogens is 2. The van der Waals surface area contributed by atoms with Crippen molar-refractivity contribution in [3.63, 3.8) is 0 Å². The summed E-state index contributed by atoms with van der Waals surface area (Å²) >= 11 is 0. The normalized spacial score (nSPS) is 10.3. The highest BCUT2D eigenvalue weighted by atomic mass is 16.5. The molecule has 0 unspecified atom stereocenters. The van der Waals surface area contributed by atoms with E-state index in [1.807, 2.05) is 42.5 Å². The number of nitrogens with zero attached hydrogens (tertiary/aromatic N) is 2. The smallest absolute Gasteiger partial charge is 0.229 e. The first-order valence-corrected chi connectivity index (χ1v) is 8.40. The molecule has 0 saturated carbocycles. The number of ether oxygens (including phenoxy) is 2. The standard InChI is InChI=1S/C20H22N4O2/c1-4-14-7-5-6-8-16(14)22-19-11-12-21-20(24-19)23-17-10-9-15(25-2)13-18(17)26-3/h5-13H,4H2,1-3H3,(H2,21,22,23,24). The van der Waals surface area contributed by atoms with Crippen LogP contribution in [0.3, 0.4) is 0 Å². The van der Waals surface area contributed by atoms with Crippen molar-refractivity contribution < 1.29 is 9.47 Å². The molecule has 3 rings (SSSR count). The van der Waals surface area contributed by atoms with Crippen LogP contribution in [0.5, 0.6) is 11.5 Å². The van der Waals surface area contributed by atoms with Crippen LogP contribution in [-0.4, -0.2) is 24.2 Å². The first-order chi connectivity index (χ1) is 12.7. The van der Waals surface area contributed by atoms with Gasteiger partial charge in [0.05, 0.1) is 19.9 Å². The summed E-state index contributed by atoms with van der Waals surface area (Å²) in [5.41, 5.74) is 3.04. The van der Waals surface area contributed by atoms with E-state index in [1.165, 1.54) is 5.56 Å². The largest absolute Gasteiger partial charge is 0.497 e. The van der Waals surface area contributed by atoms with Gasteiger partial charge in [-0.3, -0.25) is 0 Å². The minimum atomic E-state index is 0.479. The number of para-hydroxylation sites is 1. The number of nitrogens with one attached hydrogen (secondary N) is 2. The summed E-state index contributed by atoms with van der Waals surface area (Å²) in [5.74, 6) is 2.57. The van der Waals surface area contributed by atoms with Gasteiger partial charge in [0.2, 0.25) is 5.95 Å². The molecule has 0 aliphatic heterocycles. The van der Waals surface area contributed by atoms with E-state index in [-0.39, 0.29) is 0 Å². The lowest BCUT2D eigenvalue weighted by Gasteiger charge is -2.13. The van der Waals surface area contributed by atoms with Crippen LogP contribution in [0, 0.1) is 0 Å². The average molecular weight is 350 g/mol. The molecule has 2 aromatic carbocycles. The summed E-state index contributed by atoms with van der Waals surface area (Å²) in [4.78, 5) is 8.82. The summed E-state index contributed by atoms with van der Waals surface area (Å²) in [7, 11) is 3.23. The fraction of sp³-hybridized carbons (Fsp3) is 0.200. The predicted octanol–water partition coefficient (Wildman–Crippen LogP) is 4.54. The number of anilines is 4. The van der Waals surface area contributed by atoms with E-state index in [1.54, 1.807) is 20.4 Å². The van der Waals surface area contributed by atoms with Crippen molar-refractivity contribution in [3.05, 3.63) is 60.3 Å². The summed E-state index contributed by atoms with van der Waals surface area (Å²) in [6.07, 6.45) is 2.66. The zero-order valence-electron chi connectivity index (χ0n) is 15.1. The van der Waals surface area contributed by atoms with Gasteiger partial charge in [0, 0.05) is 18.0 Å². The first kappa shape index (κ1) is 17.5. The summed E-state index contributed by atoms with van der Waals surface area (Å²) in [5, 5.41) is 6.54. The third-order valence-corrected chi connectivity index (χ3v) is 3.97. The van der Waals surface area contributed by atoms with Gasteiger partial charge in [0.1, 0.15) is 17.3 Å². The van der Waals surface area contributed by atoms with Crippen LogP contribution in [0.15, 0.2) is 54.7 Å². The summed E-state index contributed by atoms with van der Waals surface area (Å²) < 4.78 is 10.6. The summed E-state index contributed by atoms with van der Waals surface area (Å²) in [6, 6.07) is 15.5. The number of aryl methyl sites for hydroxylation is 1. The zero-order valence-corrected chi connectivity index (χ0v) is 15.1. The Hall–Kier alpha value is -3.28. The second-order valence-electron chi connectivity index (χ2n) is 5.59. The average Bonchev–Trinajstić information content (AvgIpc) is 2.69. The quantitative estimate of drug-likeness (QED) is 0.652. The van der Waals surface area contributed by atoms with Crippen LogP contribution < -0.4 is 20.1 Å². The molecule has 1 aromatic heterocycles. The molecule has 0 fully saturated rings. The van der Waals surface area contributed by atoms with Crippen molar-refractivity contribution in [1.82, 2.24) is 9.97 Å². The molecule has 3 aromatic rings. The molecule has 0 saturated heterocycles. The van der Waals surface area contributed by atoms with Gasteiger partial charge in [-0.1, -0.05) is 25.1 Å². The Morgan fingerprint density at radius 2 is 1.77 bits per heavy atom. The molecule has 2 N–H and O–H groups in total. The number of hydrogen-bond acceptors (Lipinski definition) is 6. The van der Waals surface area contributed by atoms with E-state index >= 15 is 0 Å². The van der Waals surface area contributed by atoms with Crippen LogP contribution in [0.1, 0.15) is 12.5 Å². The van der Waals surface area contributed by atoms with Crippen molar-refractivity contribution in [2.75, 3.05) is 24.9 Å². The highest BCUT2D eigenvalue weighted by molar-refractivity contribution is 5.66. The molecule has 0 aliphatic carbocycles. The molecular formula is C20H22N4O2. The van der Waals surface area contributed by atoms with Crippen molar-refractivity contribution in [3.8, 4) is 11.5 Å². The number of benzene rings is 2. The Bertz CT molecular complexity index is 883. The molecule has 0 bridgehead atoms. The van der Waals surface area contributed by atoms with Gasteiger partial charge in [-0.05, 0) is 36.2 Å². The van der Waals surface area contributed by atoms with Crippen LogP contribution in [0.25, 0.3) is 0 Å². The Balaban J connectivity index is 1.82. The molecule has 134 valence electrons. The third kappa shape index (κ3) is 4.03. The molecular weight excluding hydrogens is 328 g/mol. The van der Waals surface area contributed by atoms with Crippen molar-refractivity contribution >= 4 is 23.1 Å². The Morgan fingerprint density at radius 1 is 0.923 bits per heavy atom. The van der Waals surface area contributed by atoms with E-state index in [9.17, 15) is 0 Å². The maximum absolute atomic E-state index is 5.40. The van der Waals surface area contributed by atoms with Gasteiger partial charge >= 0.3 is 0 Å². The molecule has 0 radical (unpaired) electrons. The first-order valence-electron chi connectivity index (χ1n) is 8.40. The highest BCUT2D eigenvalue weighted by Crippen LogP contribution is 2.31. The van der Waals surface area contributed by atoms with E-state index in [4.69, 9.17) is 9.47 Å². The SMILES string of the molecule is CCc1ccccc1Nc1ccnc(Nc2ccc(OC)cc2OC)n1. The fourth-order valence-electron chi connectivity index (χ4n) is 2.60. The Kier molecular flexibility index (Phi) is 5.53. The molecule has 26 heavy (non-hydrogen) atoms. The minimum Gasteiger partial charge on any atom is -0.497 e. The monoisotopic (exact) mass is 350 g/mol. The zero-order chi connectivity index (χ0) is 18.4.